The highest BCUT2D eigenvalue weighted by molar-refractivity contribution is 7.92. The molecule has 0 aliphatic rings. The third-order valence-electron chi connectivity index (χ3n) is 5.88. The molecule has 0 saturated carbocycles. The maximum Gasteiger partial charge on any atom is 0.264 e. The van der Waals surface area contributed by atoms with Crippen molar-refractivity contribution >= 4 is 33.2 Å². The highest BCUT2D eigenvalue weighted by Gasteiger charge is 2.29. The number of aryl methyl sites for hydroxylation is 4. The fourth-order valence-corrected chi connectivity index (χ4v) is 5.62. The van der Waals surface area contributed by atoms with Crippen LogP contribution in [0.5, 0.6) is 0 Å². The molecule has 0 aliphatic heterocycles. The largest absolute Gasteiger partial charge is 0.348 e. The van der Waals surface area contributed by atoms with E-state index in [1.807, 2.05) is 39.8 Å². The predicted octanol–water partition coefficient (Wildman–Crippen LogP) is 6.04. The fourth-order valence-electron chi connectivity index (χ4n) is 3.98. The van der Waals surface area contributed by atoms with Gasteiger partial charge in [-0.3, -0.25) is 9.10 Å². The minimum absolute atomic E-state index is 0.117. The van der Waals surface area contributed by atoms with Gasteiger partial charge in [0, 0.05) is 5.02 Å². The van der Waals surface area contributed by atoms with E-state index in [-0.39, 0.29) is 23.4 Å². The zero-order valence-electron chi connectivity index (χ0n) is 20.2. The first-order valence-corrected chi connectivity index (χ1v) is 13.1. The topological polar surface area (TPSA) is 66.5 Å². The number of benzene rings is 3. The summed E-state index contributed by atoms with van der Waals surface area (Å²) in [4.78, 5) is 13.3. The van der Waals surface area contributed by atoms with E-state index in [9.17, 15) is 13.2 Å². The van der Waals surface area contributed by atoms with Gasteiger partial charge in [-0.2, -0.15) is 0 Å². The van der Waals surface area contributed by atoms with Crippen LogP contribution in [-0.4, -0.2) is 20.9 Å². The van der Waals surface area contributed by atoms with Gasteiger partial charge >= 0.3 is 0 Å². The van der Waals surface area contributed by atoms with E-state index < -0.39 is 10.0 Å². The van der Waals surface area contributed by atoms with E-state index in [1.54, 1.807) is 49.4 Å². The zero-order valence-corrected chi connectivity index (χ0v) is 21.8. The summed E-state index contributed by atoms with van der Waals surface area (Å²) in [7, 11) is -4.01. The van der Waals surface area contributed by atoms with Crippen LogP contribution in [0.4, 0.5) is 5.69 Å². The lowest BCUT2D eigenvalue weighted by Gasteiger charge is -2.27. The van der Waals surface area contributed by atoms with Crippen LogP contribution in [0.1, 0.15) is 47.2 Å². The molecule has 0 bridgehead atoms. The second-order valence-electron chi connectivity index (χ2n) is 8.64. The molecule has 3 aromatic carbocycles. The van der Waals surface area contributed by atoms with Crippen LogP contribution in [0.3, 0.4) is 0 Å². The van der Waals surface area contributed by atoms with Gasteiger partial charge in [-0.25, -0.2) is 8.42 Å². The molecule has 0 fully saturated rings. The highest BCUT2D eigenvalue weighted by atomic mass is 35.5. The Morgan fingerprint density at radius 3 is 2.18 bits per heavy atom. The molecule has 1 N–H and O–H groups in total. The van der Waals surface area contributed by atoms with Crippen molar-refractivity contribution in [2.45, 2.75) is 52.0 Å². The highest BCUT2D eigenvalue weighted by Crippen LogP contribution is 2.30. The second-order valence-corrected chi connectivity index (χ2v) is 10.9. The van der Waals surface area contributed by atoms with Gasteiger partial charge < -0.3 is 5.32 Å². The molecule has 3 rings (SSSR count). The molecule has 1 unspecified atom stereocenters. The van der Waals surface area contributed by atoms with Gasteiger partial charge in [0.25, 0.3) is 10.0 Å². The Bertz CT molecular complexity index is 1290. The number of amides is 1. The summed E-state index contributed by atoms with van der Waals surface area (Å²) in [6.07, 6.45) is 0.677. The van der Waals surface area contributed by atoms with E-state index in [2.05, 4.69) is 11.4 Å². The summed E-state index contributed by atoms with van der Waals surface area (Å²) in [5.74, 6) is -0.387. The number of sulfonamides is 1. The summed E-state index contributed by atoms with van der Waals surface area (Å²) in [6, 6.07) is 17.5. The average Bonchev–Trinajstić information content (AvgIpc) is 2.78. The smallest absolute Gasteiger partial charge is 0.264 e. The minimum Gasteiger partial charge on any atom is -0.348 e. The molecule has 0 heterocycles. The van der Waals surface area contributed by atoms with E-state index in [4.69, 9.17) is 11.6 Å². The molecule has 1 atom stereocenters. The van der Waals surface area contributed by atoms with Crippen molar-refractivity contribution in [3.8, 4) is 0 Å². The maximum atomic E-state index is 13.7. The quantitative estimate of drug-likeness (QED) is 0.412. The third kappa shape index (κ3) is 5.80. The fraction of sp³-hybridized carbons (Fsp3) is 0.296. The Labute approximate surface area is 207 Å². The molecule has 0 aliphatic carbocycles. The van der Waals surface area contributed by atoms with Gasteiger partial charge in [0.05, 0.1) is 16.6 Å². The van der Waals surface area contributed by atoms with E-state index in [0.717, 1.165) is 26.6 Å². The zero-order chi connectivity index (χ0) is 25.0. The maximum absolute atomic E-state index is 13.7. The molecule has 1 amide bonds. The monoisotopic (exact) mass is 498 g/mol. The standard InChI is InChI=1S/C27H31ClN2O3S/c1-6-25(24-14-9-19(3)15-21(24)5)29-27(31)17-30(26-16-22(28)11-10-20(26)4)34(32,33)23-12-7-18(2)8-13-23/h7-16,25H,6,17H2,1-5H3,(H,29,31). The van der Waals surface area contributed by atoms with Gasteiger partial charge in [-0.1, -0.05) is 66.0 Å². The summed E-state index contributed by atoms with van der Waals surface area (Å²) in [5.41, 5.74) is 5.28. The van der Waals surface area contributed by atoms with Crippen LogP contribution in [0.15, 0.2) is 65.6 Å². The number of nitrogens with one attached hydrogen (secondary N) is 1. The Morgan fingerprint density at radius 2 is 1.56 bits per heavy atom. The summed E-state index contributed by atoms with van der Waals surface area (Å²) in [6.45, 7) is 9.36. The number of nitrogens with zero attached hydrogens (tertiary/aromatic N) is 1. The minimum atomic E-state index is -4.01. The number of carbonyl (C=O) groups is 1. The van der Waals surface area contributed by atoms with Crippen molar-refractivity contribution in [2.75, 3.05) is 10.8 Å². The van der Waals surface area contributed by atoms with Crippen LogP contribution in [0.2, 0.25) is 5.02 Å². The number of carbonyl (C=O) groups excluding carboxylic acids is 1. The molecular formula is C27H31ClN2O3S. The van der Waals surface area contributed by atoms with Gasteiger partial charge in [0.1, 0.15) is 6.54 Å². The first kappa shape index (κ1) is 25.8. The van der Waals surface area contributed by atoms with Gasteiger partial charge in [0.2, 0.25) is 5.91 Å². The van der Waals surface area contributed by atoms with Gasteiger partial charge in [-0.05, 0) is 75.1 Å². The third-order valence-corrected chi connectivity index (χ3v) is 7.89. The Hall–Kier alpha value is -2.83. The van der Waals surface area contributed by atoms with Crippen molar-refractivity contribution in [3.63, 3.8) is 0 Å². The molecule has 7 heteroatoms. The summed E-state index contributed by atoms with van der Waals surface area (Å²) < 4.78 is 28.5. The lowest BCUT2D eigenvalue weighted by molar-refractivity contribution is -0.120. The predicted molar refractivity (Wildman–Crippen MR) is 139 cm³/mol. The van der Waals surface area contributed by atoms with Crippen molar-refractivity contribution < 1.29 is 13.2 Å². The van der Waals surface area contributed by atoms with Crippen LogP contribution >= 0.6 is 11.6 Å². The van der Waals surface area contributed by atoms with Crippen molar-refractivity contribution in [1.29, 1.82) is 0 Å². The van der Waals surface area contributed by atoms with Crippen molar-refractivity contribution in [3.05, 3.63) is 93.5 Å². The number of anilines is 1. The van der Waals surface area contributed by atoms with Gasteiger partial charge in [0.15, 0.2) is 0 Å². The molecule has 0 aromatic heterocycles. The number of hydrogen-bond donors (Lipinski definition) is 1. The second kappa shape index (κ2) is 10.6. The van der Waals surface area contributed by atoms with Crippen molar-refractivity contribution in [2.24, 2.45) is 0 Å². The molecule has 5 nitrogen and oxygen atoms in total. The van der Waals surface area contributed by atoms with Crippen LogP contribution in [0.25, 0.3) is 0 Å². The van der Waals surface area contributed by atoms with Crippen LogP contribution in [-0.2, 0) is 14.8 Å². The Kier molecular flexibility index (Phi) is 8.05. The Balaban J connectivity index is 1.97. The molecule has 34 heavy (non-hydrogen) atoms. The van der Waals surface area contributed by atoms with Crippen LogP contribution < -0.4 is 9.62 Å². The number of rotatable bonds is 8. The Morgan fingerprint density at radius 1 is 0.912 bits per heavy atom. The normalized spacial score (nSPS) is 12.3. The molecule has 3 aromatic rings. The van der Waals surface area contributed by atoms with Crippen molar-refractivity contribution in [1.82, 2.24) is 5.32 Å². The average molecular weight is 499 g/mol. The summed E-state index contributed by atoms with van der Waals surface area (Å²) in [5, 5.41) is 3.43. The van der Waals surface area contributed by atoms with Gasteiger partial charge in [-0.15, -0.1) is 0 Å². The first-order valence-electron chi connectivity index (χ1n) is 11.2. The molecule has 0 spiro atoms. The molecule has 0 saturated heterocycles. The van der Waals surface area contributed by atoms with Crippen LogP contribution in [0, 0.1) is 27.7 Å². The molecular weight excluding hydrogens is 468 g/mol. The SMILES string of the molecule is CCC(NC(=O)CN(c1cc(Cl)ccc1C)S(=O)(=O)c1ccc(C)cc1)c1ccc(C)cc1C. The van der Waals surface area contributed by atoms with E-state index in [1.165, 1.54) is 0 Å². The molecule has 0 radical (unpaired) electrons. The lowest BCUT2D eigenvalue weighted by Crippen LogP contribution is -2.42. The van der Waals surface area contributed by atoms with E-state index in [0.29, 0.717) is 22.7 Å². The molecule has 180 valence electrons. The number of halogens is 1. The lowest BCUT2D eigenvalue weighted by atomic mass is 9.97. The number of hydrogen-bond acceptors (Lipinski definition) is 3. The van der Waals surface area contributed by atoms with E-state index >= 15 is 0 Å². The first-order chi connectivity index (χ1) is 16.0. The summed E-state index contributed by atoms with van der Waals surface area (Å²) >= 11 is 6.21.